The van der Waals surface area contributed by atoms with E-state index in [1.165, 1.54) is 6.92 Å². The zero-order chi connectivity index (χ0) is 33.7. The SMILES string of the molecule is CCCc1nn(C)c2c(=O)[nH]c(C(O)c3ccccc3)nc12.CCCc1nn(C)c2c(=O)[nH]c(C(OC(C)=O)c3ccccc3)nc12. The van der Waals surface area contributed by atoms with Gasteiger partial charge in [0.15, 0.2) is 23.0 Å². The second kappa shape index (κ2) is 14.3. The van der Waals surface area contributed by atoms with Gasteiger partial charge in [-0.25, -0.2) is 9.97 Å². The second-order valence-corrected chi connectivity index (χ2v) is 11.2. The summed E-state index contributed by atoms with van der Waals surface area (Å²) in [5.41, 5.74) is 4.36. The van der Waals surface area contributed by atoms with Crippen LogP contribution < -0.4 is 11.1 Å². The van der Waals surface area contributed by atoms with Gasteiger partial charge in [-0.1, -0.05) is 87.4 Å². The standard InChI is InChI=1S/C18H20N4O3.C16H18N4O2/c1-4-8-13-14-15(22(3)21-13)18(24)20-17(19-14)16(25-11(2)23)12-9-6-5-7-10-12;1-3-7-11-12-13(20(2)19-11)16(22)18-15(17-12)14(21)10-8-5-4-6-9-10/h5-7,9-10,16H,4,8H2,1-3H3,(H,19,20,24);4-6,8-9,14,21H,3,7H2,1-2H3,(H,17,18,22). The smallest absolute Gasteiger partial charge is 0.303 e. The fourth-order valence-corrected chi connectivity index (χ4v) is 5.46. The minimum atomic E-state index is -0.965. The number of aromatic nitrogens is 8. The molecule has 13 nitrogen and oxygen atoms in total. The Morgan fingerprint density at radius 3 is 1.68 bits per heavy atom. The number of aryl methyl sites for hydroxylation is 4. The van der Waals surface area contributed by atoms with E-state index in [4.69, 9.17) is 4.74 Å². The molecule has 0 saturated heterocycles. The molecule has 3 N–H and O–H groups in total. The lowest BCUT2D eigenvalue weighted by atomic mass is 10.1. The van der Waals surface area contributed by atoms with Crippen molar-refractivity contribution < 1.29 is 14.6 Å². The fraction of sp³-hybridized carbons (Fsp3) is 0.324. The molecule has 0 bridgehead atoms. The van der Waals surface area contributed by atoms with Crippen molar-refractivity contribution in [3.05, 3.63) is 116 Å². The first-order valence-corrected chi connectivity index (χ1v) is 15.5. The number of nitrogens with zero attached hydrogens (tertiary/aromatic N) is 6. The van der Waals surface area contributed by atoms with Crippen LogP contribution in [0.15, 0.2) is 70.3 Å². The van der Waals surface area contributed by atoms with E-state index >= 15 is 0 Å². The van der Waals surface area contributed by atoms with Crippen molar-refractivity contribution in [2.24, 2.45) is 14.1 Å². The molecular formula is C34H38N8O5. The van der Waals surface area contributed by atoms with Crippen LogP contribution in [0.25, 0.3) is 22.1 Å². The van der Waals surface area contributed by atoms with E-state index < -0.39 is 18.2 Å². The first kappa shape index (κ1) is 32.9. The zero-order valence-electron chi connectivity index (χ0n) is 27.0. The van der Waals surface area contributed by atoms with E-state index in [9.17, 15) is 19.5 Å². The highest BCUT2D eigenvalue weighted by Gasteiger charge is 2.23. The topological polar surface area (TPSA) is 174 Å². The van der Waals surface area contributed by atoms with Crippen LogP contribution in [-0.2, 0) is 36.5 Å². The van der Waals surface area contributed by atoms with E-state index in [1.807, 2.05) is 62.4 Å². The molecule has 0 fully saturated rings. The second-order valence-electron chi connectivity index (χ2n) is 11.2. The molecule has 4 aromatic heterocycles. The lowest BCUT2D eigenvalue weighted by Crippen LogP contribution is -2.20. The van der Waals surface area contributed by atoms with Gasteiger partial charge in [-0.3, -0.25) is 23.7 Å². The van der Waals surface area contributed by atoms with E-state index in [0.717, 1.165) is 42.6 Å². The van der Waals surface area contributed by atoms with Crippen LogP contribution in [0.3, 0.4) is 0 Å². The Bertz CT molecular complexity index is 2120. The van der Waals surface area contributed by atoms with Gasteiger partial charge in [0.05, 0.1) is 11.4 Å². The number of nitrogens with one attached hydrogen (secondary N) is 2. The quantitative estimate of drug-likeness (QED) is 0.198. The number of aliphatic hydroxyl groups is 1. The van der Waals surface area contributed by atoms with Gasteiger partial charge in [-0.15, -0.1) is 0 Å². The van der Waals surface area contributed by atoms with Crippen molar-refractivity contribution in [2.75, 3.05) is 0 Å². The van der Waals surface area contributed by atoms with Crippen molar-refractivity contribution in [3.63, 3.8) is 0 Å². The summed E-state index contributed by atoms with van der Waals surface area (Å²) in [5, 5.41) is 19.2. The summed E-state index contributed by atoms with van der Waals surface area (Å²) in [5.74, 6) is 0.0925. The summed E-state index contributed by atoms with van der Waals surface area (Å²) >= 11 is 0. The van der Waals surface area contributed by atoms with Gasteiger partial charge in [0.1, 0.15) is 23.0 Å². The number of hydrogen-bond acceptors (Lipinski definition) is 9. The number of benzene rings is 2. The number of hydrogen-bond donors (Lipinski definition) is 3. The van der Waals surface area contributed by atoms with Crippen LogP contribution in [0.2, 0.25) is 0 Å². The minimum Gasteiger partial charge on any atom is -0.449 e. The van der Waals surface area contributed by atoms with E-state index in [1.54, 1.807) is 35.6 Å². The molecule has 2 unspecified atom stereocenters. The maximum atomic E-state index is 12.6. The van der Waals surface area contributed by atoms with E-state index in [0.29, 0.717) is 33.5 Å². The van der Waals surface area contributed by atoms with E-state index in [-0.39, 0.29) is 16.9 Å². The average Bonchev–Trinajstić information content (AvgIpc) is 3.56. The zero-order valence-corrected chi connectivity index (χ0v) is 27.0. The molecule has 0 aliphatic carbocycles. The third-order valence-electron chi connectivity index (χ3n) is 7.54. The van der Waals surface area contributed by atoms with Gasteiger partial charge >= 0.3 is 5.97 Å². The Morgan fingerprint density at radius 2 is 1.21 bits per heavy atom. The molecule has 13 heteroatoms. The van der Waals surface area contributed by atoms with Gasteiger partial charge in [0.25, 0.3) is 11.1 Å². The van der Waals surface area contributed by atoms with Crippen molar-refractivity contribution in [1.29, 1.82) is 0 Å². The summed E-state index contributed by atoms with van der Waals surface area (Å²) in [4.78, 5) is 50.9. The van der Waals surface area contributed by atoms with Crippen LogP contribution in [0.5, 0.6) is 0 Å². The van der Waals surface area contributed by atoms with Crippen LogP contribution >= 0.6 is 0 Å². The molecule has 47 heavy (non-hydrogen) atoms. The van der Waals surface area contributed by atoms with Gasteiger partial charge in [0, 0.05) is 26.6 Å². The number of fused-ring (bicyclic) bond motifs is 2. The molecule has 6 aromatic rings. The highest BCUT2D eigenvalue weighted by molar-refractivity contribution is 5.77. The Labute approximate surface area is 270 Å². The summed E-state index contributed by atoms with van der Waals surface area (Å²) in [6, 6.07) is 18.3. The Morgan fingerprint density at radius 1 is 0.766 bits per heavy atom. The first-order chi connectivity index (χ1) is 22.6. The number of H-pyrrole nitrogens is 2. The van der Waals surface area contributed by atoms with Crippen molar-refractivity contribution in [3.8, 4) is 0 Å². The average molecular weight is 639 g/mol. The van der Waals surface area contributed by atoms with Crippen molar-refractivity contribution >= 4 is 28.0 Å². The predicted octanol–water partition coefficient (Wildman–Crippen LogP) is 3.95. The number of aromatic amines is 2. The van der Waals surface area contributed by atoms with Gasteiger partial charge in [-0.2, -0.15) is 10.2 Å². The number of rotatable bonds is 9. The molecule has 0 radical (unpaired) electrons. The lowest BCUT2D eigenvalue weighted by Gasteiger charge is -2.16. The fourth-order valence-electron chi connectivity index (χ4n) is 5.46. The van der Waals surface area contributed by atoms with Crippen LogP contribution in [-0.4, -0.2) is 50.6 Å². The first-order valence-electron chi connectivity index (χ1n) is 15.5. The monoisotopic (exact) mass is 638 g/mol. The summed E-state index contributed by atoms with van der Waals surface area (Å²) < 4.78 is 8.52. The molecule has 0 amide bonds. The number of carbonyl (C=O) groups is 1. The third-order valence-corrected chi connectivity index (χ3v) is 7.54. The molecule has 0 spiro atoms. The number of carbonyl (C=O) groups excluding carboxylic acids is 1. The molecule has 0 aliphatic rings. The largest absolute Gasteiger partial charge is 0.449 e. The number of esters is 1. The Hall–Kier alpha value is -5.43. The lowest BCUT2D eigenvalue weighted by molar-refractivity contribution is -0.145. The molecule has 6 rings (SSSR count). The van der Waals surface area contributed by atoms with Gasteiger partial charge in [-0.05, 0) is 18.4 Å². The Kier molecular flexibility index (Phi) is 10.0. The maximum absolute atomic E-state index is 12.6. The van der Waals surface area contributed by atoms with E-state index in [2.05, 4.69) is 30.1 Å². The summed E-state index contributed by atoms with van der Waals surface area (Å²) in [6.07, 6.45) is 1.53. The van der Waals surface area contributed by atoms with Crippen molar-refractivity contribution in [1.82, 2.24) is 39.5 Å². The molecule has 2 aromatic carbocycles. The number of aliphatic hydroxyl groups excluding tert-OH is 1. The Balaban J connectivity index is 0.000000186. The van der Waals surface area contributed by atoms with Crippen molar-refractivity contribution in [2.45, 2.75) is 58.7 Å². The van der Waals surface area contributed by atoms with Crippen LogP contribution in [0.4, 0.5) is 0 Å². The highest BCUT2D eigenvalue weighted by Crippen LogP contribution is 2.25. The summed E-state index contributed by atoms with van der Waals surface area (Å²) in [6.45, 7) is 5.42. The molecule has 0 saturated carbocycles. The molecule has 244 valence electrons. The molecule has 2 atom stereocenters. The molecule has 4 heterocycles. The van der Waals surface area contributed by atoms with Crippen LogP contribution in [0.1, 0.15) is 80.0 Å². The molecular weight excluding hydrogens is 600 g/mol. The van der Waals surface area contributed by atoms with Gasteiger partial charge in [0.2, 0.25) is 0 Å². The normalized spacial score (nSPS) is 12.5. The maximum Gasteiger partial charge on any atom is 0.303 e. The third kappa shape index (κ3) is 7.04. The predicted molar refractivity (Wildman–Crippen MR) is 177 cm³/mol. The van der Waals surface area contributed by atoms with Crippen LogP contribution in [0, 0.1) is 0 Å². The number of ether oxygens (including phenoxy) is 1. The summed E-state index contributed by atoms with van der Waals surface area (Å²) in [7, 11) is 3.45. The minimum absolute atomic E-state index is 0.244. The van der Waals surface area contributed by atoms with Gasteiger partial charge < -0.3 is 19.8 Å². The molecule has 0 aliphatic heterocycles. The highest BCUT2D eigenvalue weighted by atomic mass is 16.5.